The fraction of sp³-hybridized carbons (Fsp3) is 0.400. The van der Waals surface area contributed by atoms with Gasteiger partial charge in [0.05, 0.1) is 12.5 Å². The van der Waals surface area contributed by atoms with E-state index in [-0.39, 0.29) is 0 Å². The molecule has 0 aliphatic rings. The number of alkyl halides is 1. The van der Waals surface area contributed by atoms with Crippen molar-refractivity contribution in [3.8, 4) is 0 Å². The van der Waals surface area contributed by atoms with Crippen molar-refractivity contribution >= 4 is 22.0 Å². The van der Waals surface area contributed by atoms with Crippen LogP contribution >= 0.6 is 15.9 Å². The van der Waals surface area contributed by atoms with Crippen LogP contribution in [0.15, 0.2) is 28.6 Å². The summed E-state index contributed by atoms with van der Waals surface area (Å²) in [6, 6.07) is 1.96. The number of rotatable bonds is 3. The van der Waals surface area contributed by atoms with Crippen molar-refractivity contribution in [3.05, 3.63) is 29.7 Å². The maximum Gasteiger partial charge on any atom is 0.0974 e. The SMILES string of the molecule is CC(C)C(=Cc1ccoc1)CBr. The van der Waals surface area contributed by atoms with Crippen LogP contribution in [-0.2, 0) is 0 Å². The smallest absolute Gasteiger partial charge is 0.0974 e. The van der Waals surface area contributed by atoms with E-state index in [0.29, 0.717) is 5.92 Å². The molecule has 0 aliphatic heterocycles. The van der Waals surface area contributed by atoms with Gasteiger partial charge in [0, 0.05) is 10.9 Å². The molecule has 0 unspecified atom stereocenters. The van der Waals surface area contributed by atoms with Gasteiger partial charge in [0.25, 0.3) is 0 Å². The lowest BCUT2D eigenvalue weighted by atomic mass is 10.0. The van der Waals surface area contributed by atoms with Crippen LogP contribution in [0.2, 0.25) is 0 Å². The van der Waals surface area contributed by atoms with Crippen LogP contribution in [0.3, 0.4) is 0 Å². The maximum atomic E-state index is 4.98. The molecule has 0 radical (unpaired) electrons. The van der Waals surface area contributed by atoms with Crippen LogP contribution in [0.5, 0.6) is 0 Å². The van der Waals surface area contributed by atoms with E-state index < -0.39 is 0 Å². The largest absolute Gasteiger partial charge is 0.472 e. The molecule has 1 aromatic heterocycles. The van der Waals surface area contributed by atoms with E-state index in [9.17, 15) is 0 Å². The monoisotopic (exact) mass is 228 g/mol. The highest BCUT2D eigenvalue weighted by molar-refractivity contribution is 9.09. The number of hydrogen-bond donors (Lipinski definition) is 0. The number of hydrogen-bond acceptors (Lipinski definition) is 1. The molecule has 66 valence electrons. The van der Waals surface area contributed by atoms with Gasteiger partial charge in [-0.25, -0.2) is 0 Å². The Morgan fingerprint density at radius 2 is 2.42 bits per heavy atom. The highest BCUT2D eigenvalue weighted by atomic mass is 79.9. The Morgan fingerprint density at radius 1 is 1.67 bits per heavy atom. The Kier molecular flexibility index (Phi) is 3.60. The fourth-order valence-corrected chi connectivity index (χ4v) is 1.74. The molecule has 0 saturated heterocycles. The zero-order valence-corrected chi connectivity index (χ0v) is 8.97. The summed E-state index contributed by atoms with van der Waals surface area (Å²) in [5.41, 5.74) is 2.52. The molecule has 0 aliphatic carbocycles. The molecule has 1 heterocycles. The summed E-state index contributed by atoms with van der Waals surface area (Å²) in [6.45, 7) is 4.38. The maximum absolute atomic E-state index is 4.98. The first kappa shape index (κ1) is 9.59. The van der Waals surface area contributed by atoms with Gasteiger partial charge in [0.2, 0.25) is 0 Å². The molecule has 0 saturated carbocycles. The molecule has 2 heteroatoms. The molecule has 0 N–H and O–H groups in total. The van der Waals surface area contributed by atoms with Crippen LogP contribution < -0.4 is 0 Å². The Morgan fingerprint density at radius 3 is 2.83 bits per heavy atom. The first-order valence-corrected chi connectivity index (χ1v) is 5.15. The number of allylic oxidation sites excluding steroid dienone is 1. The van der Waals surface area contributed by atoms with Crippen molar-refractivity contribution < 1.29 is 4.42 Å². The minimum absolute atomic E-state index is 0.583. The number of halogens is 1. The van der Waals surface area contributed by atoms with E-state index in [1.54, 1.807) is 12.5 Å². The van der Waals surface area contributed by atoms with Crippen LogP contribution in [0.25, 0.3) is 6.08 Å². The highest BCUT2D eigenvalue weighted by Crippen LogP contribution is 2.16. The van der Waals surface area contributed by atoms with E-state index in [1.807, 2.05) is 6.07 Å². The molecule has 1 nitrogen and oxygen atoms in total. The molecule has 0 amide bonds. The van der Waals surface area contributed by atoms with Crippen molar-refractivity contribution in [3.63, 3.8) is 0 Å². The van der Waals surface area contributed by atoms with Gasteiger partial charge in [-0.3, -0.25) is 0 Å². The third-order valence-electron chi connectivity index (χ3n) is 1.79. The van der Waals surface area contributed by atoms with Gasteiger partial charge in [-0.2, -0.15) is 0 Å². The Balaban J connectivity index is 2.78. The first-order valence-electron chi connectivity index (χ1n) is 4.02. The molecule has 1 rings (SSSR count). The Bertz CT molecular complexity index is 247. The summed E-state index contributed by atoms with van der Waals surface area (Å²) in [6.07, 6.45) is 5.60. The minimum Gasteiger partial charge on any atom is -0.472 e. The van der Waals surface area contributed by atoms with Gasteiger partial charge in [-0.1, -0.05) is 41.4 Å². The van der Waals surface area contributed by atoms with E-state index in [0.717, 1.165) is 10.9 Å². The average molecular weight is 229 g/mol. The lowest BCUT2D eigenvalue weighted by molar-refractivity contribution is 0.566. The lowest BCUT2D eigenvalue weighted by Gasteiger charge is -2.06. The van der Waals surface area contributed by atoms with Crippen molar-refractivity contribution in [1.82, 2.24) is 0 Å². The number of furan rings is 1. The zero-order chi connectivity index (χ0) is 8.97. The summed E-state index contributed by atoms with van der Waals surface area (Å²) >= 11 is 3.46. The zero-order valence-electron chi connectivity index (χ0n) is 7.38. The van der Waals surface area contributed by atoms with Crippen LogP contribution in [-0.4, -0.2) is 5.33 Å². The molecule has 1 aromatic rings. The first-order chi connectivity index (χ1) is 5.74. The minimum atomic E-state index is 0.583. The summed E-state index contributed by atoms with van der Waals surface area (Å²) in [5, 5.41) is 0.926. The second-order valence-corrected chi connectivity index (χ2v) is 3.63. The van der Waals surface area contributed by atoms with E-state index in [4.69, 9.17) is 4.42 Å². The van der Waals surface area contributed by atoms with Gasteiger partial charge < -0.3 is 4.42 Å². The Hall–Kier alpha value is -0.500. The molecular weight excluding hydrogens is 216 g/mol. The van der Waals surface area contributed by atoms with Gasteiger partial charge >= 0.3 is 0 Å². The molecule has 0 spiro atoms. The van der Waals surface area contributed by atoms with E-state index in [1.165, 1.54) is 5.57 Å². The second-order valence-electron chi connectivity index (χ2n) is 3.06. The van der Waals surface area contributed by atoms with Crippen LogP contribution in [0.1, 0.15) is 19.4 Å². The molecule has 12 heavy (non-hydrogen) atoms. The van der Waals surface area contributed by atoms with Gasteiger partial charge in [0.1, 0.15) is 0 Å². The quantitative estimate of drug-likeness (QED) is 0.720. The summed E-state index contributed by atoms with van der Waals surface area (Å²) in [4.78, 5) is 0. The third kappa shape index (κ3) is 2.52. The normalized spacial score (nSPS) is 12.5. The lowest BCUT2D eigenvalue weighted by Crippen LogP contribution is -1.94. The standard InChI is InChI=1S/C10H13BrO/c1-8(2)10(6-11)5-9-3-4-12-7-9/h3-5,7-8H,6H2,1-2H3. The topological polar surface area (TPSA) is 13.1 Å². The third-order valence-corrected chi connectivity index (χ3v) is 2.44. The van der Waals surface area contributed by atoms with Gasteiger partial charge in [-0.15, -0.1) is 0 Å². The second kappa shape index (κ2) is 4.51. The summed E-state index contributed by atoms with van der Waals surface area (Å²) in [5.74, 6) is 0.583. The van der Waals surface area contributed by atoms with Crippen molar-refractivity contribution in [2.24, 2.45) is 5.92 Å². The van der Waals surface area contributed by atoms with Crippen molar-refractivity contribution in [2.75, 3.05) is 5.33 Å². The van der Waals surface area contributed by atoms with Crippen molar-refractivity contribution in [2.45, 2.75) is 13.8 Å². The predicted molar refractivity (Wildman–Crippen MR) is 55.3 cm³/mol. The van der Waals surface area contributed by atoms with E-state index >= 15 is 0 Å². The fourth-order valence-electron chi connectivity index (χ4n) is 0.931. The average Bonchev–Trinajstić information content (AvgIpc) is 2.51. The molecule has 0 atom stereocenters. The van der Waals surface area contributed by atoms with Crippen LogP contribution in [0.4, 0.5) is 0 Å². The van der Waals surface area contributed by atoms with Crippen LogP contribution in [0, 0.1) is 5.92 Å². The van der Waals surface area contributed by atoms with Gasteiger partial charge in [0.15, 0.2) is 0 Å². The highest BCUT2D eigenvalue weighted by Gasteiger charge is 2.01. The Labute approximate surface area is 81.6 Å². The summed E-state index contributed by atoms with van der Waals surface area (Å²) < 4.78 is 4.98. The molecule has 0 bridgehead atoms. The molecule has 0 aromatic carbocycles. The van der Waals surface area contributed by atoms with Gasteiger partial charge in [-0.05, 0) is 12.0 Å². The van der Waals surface area contributed by atoms with E-state index in [2.05, 4.69) is 35.9 Å². The van der Waals surface area contributed by atoms with Crippen molar-refractivity contribution in [1.29, 1.82) is 0 Å². The predicted octanol–water partition coefficient (Wildman–Crippen LogP) is 3.71. The summed E-state index contributed by atoms with van der Waals surface area (Å²) in [7, 11) is 0. The molecular formula is C10H13BrO. The molecule has 0 fully saturated rings.